The van der Waals surface area contributed by atoms with E-state index in [9.17, 15) is 33.3 Å². The van der Waals surface area contributed by atoms with Crippen molar-refractivity contribution in [2.75, 3.05) is 17.2 Å². The Bertz CT molecular complexity index is 1850. The molecule has 0 radical (unpaired) electrons. The molecule has 1 aliphatic rings. The fourth-order valence-corrected chi connectivity index (χ4v) is 4.80. The number of aryl methyl sites for hydroxylation is 1. The monoisotopic (exact) mass is 588 g/mol. The molecule has 0 unspecified atom stereocenters. The average Bonchev–Trinajstić information content (AvgIpc) is 3.65. The largest absolute Gasteiger partial charge is 0.413 e. The zero-order valence-corrected chi connectivity index (χ0v) is 23.3. The van der Waals surface area contributed by atoms with Gasteiger partial charge in [-0.3, -0.25) is 4.98 Å². The number of nitrogens with one attached hydrogen (secondary N) is 2. The number of halogens is 4. The molecular formula is C29H24F4N10. The van der Waals surface area contributed by atoms with Crippen LogP contribution in [0.4, 0.5) is 28.9 Å². The van der Waals surface area contributed by atoms with Crippen molar-refractivity contribution in [2.24, 2.45) is 5.41 Å². The molecule has 0 amide bonds. The van der Waals surface area contributed by atoms with Crippen molar-refractivity contribution in [3.05, 3.63) is 70.7 Å². The van der Waals surface area contributed by atoms with E-state index in [1.54, 1.807) is 26.8 Å². The lowest BCUT2D eigenvalue weighted by atomic mass is 9.95. The second-order valence-electron chi connectivity index (χ2n) is 11.0. The van der Waals surface area contributed by atoms with Crippen molar-refractivity contribution in [1.29, 1.82) is 15.8 Å². The fourth-order valence-electron chi connectivity index (χ4n) is 4.80. The first-order valence-corrected chi connectivity index (χ1v) is 13.1. The Morgan fingerprint density at radius 3 is 2.42 bits per heavy atom. The van der Waals surface area contributed by atoms with Gasteiger partial charge in [0.25, 0.3) is 0 Å². The van der Waals surface area contributed by atoms with Crippen molar-refractivity contribution in [1.82, 2.24) is 25.0 Å². The Morgan fingerprint density at radius 1 is 1.09 bits per heavy atom. The Kier molecular flexibility index (Phi) is 7.15. The van der Waals surface area contributed by atoms with Gasteiger partial charge >= 0.3 is 6.18 Å². The highest BCUT2D eigenvalue weighted by molar-refractivity contribution is 5.99. The first-order valence-electron chi connectivity index (χ1n) is 13.1. The maximum Gasteiger partial charge on any atom is 0.413 e. The minimum Gasteiger partial charge on any atom is -0.382 e. The molecule has 1 aromatic carbocycles. The fraction of sp³-hybridized carbons (Fsp3) is 0.345. The predicted octanol–water partition coefficient (Wildman–Crippen LogP) is 5.63. The van der Waals surface area contributed by atoms with Crippen LogP contribution in [0, 0.1) is 52.3 Å². The molecule has 1 saturated carbocycles. The van der Waals surface area contributed by atoms with E-state index in [1.165, 1.54) is 24.5 Å². The van der Waals surface area contributed by atoms with E-state index in [0.717, 1.165) is 10.7 Å². The molecule has 3 aromatic heterocycles. The number of fused-ring (bicyclic) bond motifs is 1. The highest BCUT2D eigenvalue weighted by atomic mass is 19.4. The van der Waals surface area contributed by atoms with Crippen LogP contribution < -0.4 is 10.6 Å². The molecule has 5 rings (SSSR count). The zero-order chi connectivity index (χ0) is 31.2. The number of rotatable bonds is 8. The summed E-state index contributed by atoms with van der Waals surface area (Å²) in [4.78, 5) is 8.18. The average molecular weight is 589 g/mol. The molecule has 43 heavy (non-hydrogen) atoms. The van der Waals surface area contributed by atoms with E-state index in [2.05, 4.69) is 49.1 Å². The Hall–Kier alpha value is -5.29. The van der Waals surface area contributed by atoms with Crippen molar-refractivity contribution >= 4 is 22.3 Å². The number of hydrogen-bond acceptors (Lipinski definition) is 9. The lowest BCUT2D eigenvalue weighted by molar-refractivity contribution is -0.182. The lowest BCUT2D eigenvalue weighted by Gasteiger charge is -2.22. The molecule has 1 aliphatic carbocycles. The molecule has 0 saturated heterocycles. The predicted molar refractivity (Wildman–Crippen MR) is 147 cm³/mol. The molecule has 1 atom stereocenters. The molecule has 2 N–H and O–H groups in total. The zero-order valence-electron chi connectivity index (χ0n) is 23.3. The smallest absolute Gasteiger partial charge is 0.382 e. The van der Waals surface area contributed by atoms with E-state index in [1.807, 2.05) is 0 Å². The number of alkyl halides is 3. The maximum absolute atomic E-state index is 13.9. The molecule has 0 aliphatic heterocycles. The van der Waals surface area contributed by atoms with Crippen molar-refractivity contribution in [3.63, 3.8) is 0 Å². The standard InChI is InChI=1S/C29H24F4N10/c1-16-20(4-5-23(30)39-16)26(22-13-43(42-41-22)28(6-7-28)29(31,32)33)40-19-8-17(10-34)24-21(9-19)25(18(11-35)12-37-24)38-15-27(2,3)14-36/h4-5,8-9,12-13,26,40H,6-7,15H2,1-3H3,(H,37,38)/t26-/m0/s1. The summed E-state index contributed by atoms with van der Waals surface area (Å²) in [5, 5.41) is 43.8. The van der Waals surface area contributed by atoms with Crippen molar-refractivity contribution in [3.8, 4) is 18.2 Å². The summed E-state index contributed by atoms with van der Waals surface area (Å²) in [5.74, 6) is -0.735. The minimum absolute atomic E-state index is 0.114. The number of anilines is 2. The van der Waals surface area contributed by atoms with Gasteiger partial charge in [-0.2, -0.15) is 33.3 Å². The van der Waals surface area contributed by atoms with Crippen molar-refractivity contribution in [2.45, 2.75) is 51.4 Å². The Balaban J connectivity index is 1.64. The number of nitrogens with zero attached hydrogens (tertiary/aromatic N) is 8. The van der Waals surface area contributed by atoms with E-state index in [-0.39, 0.29) is 41.9 Å². The van der Waals surface area contributed by atoms with Crippen molar-refractivity contribution < 1.29 is 17.6 Å². The number of aromatic nitrogens is 5. The topological polar surface area (TPSA) is 152 Å². The number of hydrogen-bond donors (Lipinski definition) is 2. The molecule has 10 nitrogen and oxygen atoms in total. The summed E-state index contributed by atoms with van der Waals surface area (Å²) in [6.07, 6.45) is -2.24. The lowest BCUT2D eigenvalue weighted by Crippen LogP contribution is -2.35. The molecule has 218 valence electrons. The number of pyridine rings is 2. The SMILES string of the molecule is Cc1nc(F)ccc1[C@H](Nc1cc(C#N)c2ncc(C#N)c(NCC(C)(C)C#N)c2c1)c1cn(C2(C(F)(F)F)CC2)nn1. The third kappa shape index (κ3) is 5.38. The van der Waals surface area contributed by atoms with Crippen LogP contribution in [0.1, 0.15) is 60.8 Å². The molecule has 3 heterocycles. The van der Waals surface area contributed by atoms with Crippen LogP contribution in [0.25, 0.3) is 10.9 Å². The molecule has 4 aromatic rings. The highest BCUT2D eigenvalue weighted by Gasteiger charge is 2.66. The quantitative estimate of drug-likeness (QED) is 0.197. The normalized spacial score (nSPS) is 14.8. The highest BCUT2D eigenvalue weighted by Crippen LogP contribution is 2.55. The molecule has 14 heteroatoms. The van der Waals surface area contributed by atoms with Crippen LogP contribution >= 0.6 is 0 Å². The summed E-state index contributed by atoms with van der Waals surface area (Å²) >= 11 is 0. The van der Waals surface area contributed by atoms with Gasteiger partial charge in [-0.05, 0) is 51.8 Å². The van der Waals surface area contributed by atoms with Gasteiger partial charge in [-0.1, -0.05) is 11.3 Å². The van der Waals surface area contributed by atoms with E-state index in [4.69, 9.17) is 0 Å². The minimum atomic E-state index is -4.52. The van der Waals surface area contributed by atoms with Gasteiger partial charge < -0.3 is 10.6 Å². The van der Waals surface area contributed by atoms with E-state index >= 15 is 0 Å². The molecule has 0 bridgehead atoms. The summed E-state index contributed by atoms with van der Waals surface area (Å²) in [6.45, 7) is 5.19. The third-order valence-electron chi connectivity index (χ3n) is 7.43. The number of nitriles is 3. The summed E-state index contributed by atoms with van der Waals surface area (Å²) in [5.41, 5.74) is -0.789. The Labute approximate surface area is 243 Å². The van der Waals surface area contributed by atoms with Crippen LogP contribution in [0.15, 0.2) is 36.7 Å². The Morgan fingerprint density at radius 2 is 1.81 bits per heavy atom. The van der Waals surface area contributed by atoms with Gasteiger partial charge in [-0.25, -0.2) is 9.67 Å². The summed E-state index contributed by atoms with van der Waals surface area (Å²) in [6, 6.07) is 11.1. The van der Waals surface area contributed by atoms with Crippen LogP contribution in [0.3, 0.4) is 0 Å². The van der Waals surface area contributed by atoms with Gasteiger partial charge in [-0.15, -0.1) is 5.10 Å². The molecular weight excluding hydrogens is 564 g/mol. The van der Waals surface area contributed by atoms with Gasteiger partial charge in [0.05, 0.1) is 46.1 Å². The van der Waals surface area contributed by atoms with Gasteiger partial charge in [0.2, 0.25) is 5.95 Å². The van der Waals surface area contributed by atoms with Gasteiger partial charge in [0, 0.05) is 35.1 Å². The summed E-state index contributed by atoms with van der Waals surface area (Å²) < 4.78 is 56.2. The van der Waals surface area contributed by atoms with Crippen LogP contribution in [-0.4, -0.2) is 37.7 Å². The van der Waals surface area contributed by atoms with E-state index < -0.39 is 29.1 Å². The van der Waals surface area contributed by atoms with E-state index in [0.29, 0.717) is 27.8 Å². The van der Waals surface area contributed by atoms with Crippen LogP contribution in [0.2, 0.25) is 0 Å². The first-order chi connectivity index (χ1) is 20.3. The summed E-state index contributed by atoms with van der Waals surface area (Å²) in [7, 11) is 0. The van der Waals surface area contributed by atoms with Crippen LogP contribution in [0.5, 0.6) is 0 Å². The first kappa shape index (κ1) is 29.2. The maximum atomic E-state index is 13.9. The third-order valence-corrected chi connectivity index (χ3v) is 7.43. The molecule has 0 spiro atoms. The van der Waals surface area contributed by atoms with Gasteiger partial charge in [0.1, 0.15) is 17.8 Å². The van der Waals surface area contributed by atoms with Gasteiger partial charge in [0.15, 0.2) is 5.54 Å². The van der Waals surface area contributed by atoms with Crippen LogP contribution in [-0.2, 0) is 5.54 Å². The number of benzene rings is 1. The second kappa shape index (κ2) is 10.5. The molecule has 1 fully saturated rings. The second-order valence-corrected chi connectivity index (χ2v) is 11.0.